The number of benzene rings is 1. The first-order chi connectivity index (χ1) is 15.7. The molecule has 0 saturated heterocycles. The van der Waals surface area contributed by atoms with Crippen LogP contribution in [0, 0.1) is 0 Å². The lowest BCUT2D eigenvalue weighted by atomic mass is 9.99. The second-order valence-corrected chi connectivity index (χ2v) is 10.7. The maximum Gasteiger partial charge on any atom is 0.329 e. The van der Waals surface area contributed by atoms with Crippen LogP contribution in [0.1, 0.15) is 19.9 Å². The number of nitrogens with zero attached hydrogens (tertiary/aromatic N) is 5. The summed E-state index contributed by atoms with van der Waals surface area (Å²) in [5.41, 5.74) is 5.45. The van der Waals surface area contributed by atoms with Crippen LogP contribution in [0.3, 0.4) is 0 Å². The van der Waals surface area contributed by atoms with Crippen LogP contribution in [0.5, 0.6) is 0 Å². The second kappa shape index (κ2) is 7.45. The van der Waals surface area contributed by atoms with E-state index in [9.17, 15) is 13.2 Å². The van der Waals surface area contributed by atoms with Gasteiger partial charge in [-0.25, -0.2) is 18.2 Å². The van der Waals surface area contributed by atoms with Gasteiger partial charge < -0.3 is 4.98 Å². The molecule has 0 fully saturated rings. The van der Waals surface area contributed by atoms with E-state index in [1.807, 2.05) is 44.2 Å². The predicted molar refractivity (Wildman–Crippen MR) is 129 cm³/mol. The quantitative estimate of drug-likeness (QED) is 0.429. The summed E-state index contributed by atoms with van der Waals surface area (Å²) in [6.07, 6.45) is 6.23. The molecule has 33 heavy (non-hydrogen) atoms. The van der Waals surface area contributed by atoms with Gasteiger partial charge in [0.1, 0.15) is 11.5 Å². The summed E-state index contributed by atoms with van der Waals surface area (Å²) in [6, 6.07) is 9.83. The fourth-order valence-electron chi connectivity index (χ4n) is 4.37. The topological polar surface area (TPSA) is 108 Å². The Hall–Kier alpha value is -3.66. The summed E-state index contributed by atoms with van der Waals surface area (Å²) < 4.78 is 28.3. The largest absolute Gasteiger partial charge is 0.339 e. The maximum absolute atomic E-state index is 13.1. The van der Waals surface area contributed by atoms with Gasteiger partial charge in [-0.15, -0.1) is 0 Å². The molecule has 0 unspecified atom stereocenters. The molecular formula is C23H24N6O3S. The summed E-state index contributed by atoms with van der Waals surface area (Å²) in [6.45, 7) is 3.97. The van der Waals surface area contributed by atoms with E-state index >= 15 is 0 Å². The maximum atomic E-state index is 13.1. The van der Waals surface area contributed by atoms with Gasteiger partial charge in [-0.05, 0) is 19.4 Å². The number of pyridine rings is 1. The summed E-state index contributed by atoms with van der Waals surface area (Å²) in [5, 5.41) is 5.09. The molecule has 1 N–H and O–H groups in total. The minimum atomic E-state index is -3.24. The van der Waals surface area contributed by atoms with Crippen molar-refractivity contribution in [3.8, 4) is 22.4 Å². The normalized spacial score (nSPS) is 12.4. The number of aromatic amines is 1. The van der Waals surface area contributed by atoms with Crippen molar-refractivity contribution in [2.45, 2.75) is 25.8 Å². The second-order valence-electron chi connectivity index (χ2n) is 8.59. The first-order valence-corrected chi connectivity index (χ1v) is 12.6. The number of sulfone groups is 1. The Balaban J connectivity index is 1.90. The molecule has 0 aliphatic carbocycles. The van der Waals surface area contributed by atoms with E-state index in [1.165, 1.54) is 10.9 Å². The number of hydrogen-bond donors (Lipinski definition) is 1. The Morgan fingerprint density at radius 2 is 1.82 bits per heavy atom. The Kier molecular flexibility index (Phi) is 4.78. The third-order valence-corrected chi connectivity index (χ3v) is 6.47. The summed E-state index contributed by atoms with van der Waals surface area (Å²) in [4.78, 5) is 21.1. The summed E-state index contributed by atoms with van der Waals surface area (Å²) in [7, 11) is -1.49. The monoisotopic (exact) mass is 464 g/mol. The molecule has 0 amide bonds. The molecular weight excluding hydrogens is 440 g/mol. The number of aryl methyl sites for hydroxylation is 1. The van der Waals surface area contributed by atoms with E-state index in [0.717, 1.165) is 38.8 Å². The molecule has 0 aliphatic rings. The third kappa shape index (κ3) is 3.46. The zero-order valence-electron chi connectivity index (χ0n) is 18.8. The van der Waals surface area contributed by atoms with Crippen molar-refractivity contribution >= 4 is 31.9 Å². The molecule has 0 atom stereocenters. The molecule has 0 aliphatic heterocycles. The van der Waals surface area contributed by atoms with E-state index in [4.69, 9.17) is 0 Å². The van der Waals surface area contributed by atoms with Crippen LogP contribution in [-0.4, -0.2) is 43.6 Å². The van der Waals surface area contributed by atoms with Crippen molar-refractivity contribution in [3.63, 3.8) is 0 Å². The van der Waals surface area contributed by atoms with E-state index < -0.39 is 9.84 Å². The average molecular weight is 465 g/mol. The molecule has 4 heterocycles. The highest BCUT2D eigenvalue weighted by molar-refractivity contribution is 7.89. The number of imidazole rings is 1. The van der Waals surface area contributed by atoms with Gasteiger partial charge in [-0.3, -0.25) is 13.8 Å². The Morgan fingerprint density at radius 1 is 1.09 bits per heavy atom. The van der Waals surface area contributed by atoms with E-state index in [2.05, 4.69) is 15.1 Å². The molecule has 10 heteroatoms. The lowest BCUT2D eigenvalue weighted by Gasteiger charge is -2.09. The van der Waals surface area contributed by atoms with E-state index in [0.29, 0.717) is 5.65 Å². The average Bonchev–Trinajstić information content (AvgIpc) is 3.42. The van der Waals surface area contributed by atoms with Gasteiger partial charge in [-0.1, -0.05) is 30.3 Å². The zero-order chi connectivity index (χ0) is 23.5. The van der Waals surface area contributed by atoms with E-state index in [-0.39, 0.29) is 17.6 Å². The predicted octanol–water partition coefficient (Wildman–Crippen LogP) is 3.33. The van der Waals surface area contributed by atoms with E-state index in [1.54, 1.807) is 34.8 Å². The molecule has 5 rings (SSSR count). The molecule has 5 aromatic rings. The van der Waals surface area contributed by atoms with Crippen LogP contribution in [0.15, 0.2) is 53.7 Å². The molecule has 9 nitrogen and oxygen atoms in total. The number of nitrogens with one attached hydrogen (secondary N) is 1. The minimum absolute atomic E-state index is 0.0497. The summed E-state index contributed by atoms with van der Waals surface area (Å²) in [5.74, 6) is -0.206. The van der Waals surface area contributed by atoms with Gasteiger partial charge in [0.15, 0.2) is 9.84 Å². The van der Waals surface area contributed by atoms with Crippen LogP contribution >= 0.6 is 0 Å². The molecule has 4 aromatic heterocycles. The number of aromatic nitrogens is 6. The van der Waals surface area contributed by atoms with Crippen molar-refractivity contribution in [1.29, 1.82) is 0 Å². The van der Waals surface area contributed by atoms with Gasteiger partial charge in [0, 0.05) is 36.7 Å². The lowest BCUT2D eigenvalue weighted by molar-refractivity contribution is 0.581. The van der Waals surface area contributed by atoms with Crippen molar-refractivity contribution in [2.75, 3.05) is 6.26 Å². The highest BCUT2D eigenvalue weighted by Gasteiger charge is 2.24. The van der Waals surface area contributed by atoms with Crippen LogP contribution in [-0.2, 0) is 22.8 Å². The minimum Gasteiger partial charge on any atom is -0.339 e. The SMILES string of the molecule is CC(C)n1c(=O)n(C)c2cnc3[nH]c(-c4cnn(CS(C)(=O)=O)c4)c(-c4ccccc4)c3c21. The fourth-order valence-corrected chi connectivity index (χ4v) is 4.99. The zero-order valence-corrected chi connectivity index (χ0v) is 19.6. The third-order valence-electron chi connectivity index (χ3n) is 5.74. The molecule has 1 aromatic carbocycles. The van der Waals surface area contributed by atoms with Gasteiger partial charge in [0.05, 0.1) is 34.5 Å². The van der Waals surface area contributed by atoms with Gasteiger partial charge in [0.2, 0.25) is 0 Å². The first-order valence-electron chi connectivity index (χ1n) is 10.5. The van der Waals surface area contributed by atoms with Crippen LogP contribution < -0.4 is 5.69 Å². The van der Waals surface area contributed by atoms with Crippen molar-refractivity contribution in [2.24, 2.45) is 7.05 Å². The van der Waals surface area contributed by atoms with Crippen LogP contribution in [0.4, 0.5) is 0 Å². The van der Waals surface area contributed by atoms with Crippen LogP contribution in [0.2, 0.25) is 0 Å². The van der Waals surface area contributed by atoms with Crippen LogP contribution in [0.25, 0.3) is 44.5 Å². The smallest absolute Gasteiger partial charge is 0.329 e. The van der Waals surface area contributed by atoms with Crippen molar-refractivity contribution < 1.29 is 8.42 Å². The molecule has 170 valence electrons. The fraction of sp³-hybridized carbons (Fsp3) is 0.261. The summed E-state index contributed by atoms with van der Waals surface area (Å²) >= 11 is 0. The number of rotatable bonds is 5. The highest BCUT2D eigenvalue weighted by atomic mass is 32.2. The molecule has 0 spiro atoms. The molecule has 0 saturated carbocycles. The molecule has 0 bridgehead atoms. The first kappa shape index (κ1) is 21.2. The Labute approximate surface area is 190 Å². The standard InChI is InChI=1S/C23H24N6O3S/c1-14(2)29-21-17(27(3)23(29)30)11-24-22-19(21)18(15-8-6-5-7-9-15)20(26-22)16-10-25-28(12-16)13-33(4,31)32/h5-12,14H,13H2,1-4H3,(H,24,26). The Bertz CT molecular complexity index is 1670. The lowest BCUT2D eigenvalue weighted by Crippen LogP contribution is -2.23. The Morgan fingerprint density at radius 3 is 2.48 bits per heavy atom. The number of H-pyrrole nitrogens is 1. The number of fused-ring (bicyclic) bond motifs is 3. The van der Waals surface area contributed by atoms with Crippen molar-refractivity contribution in [3.05, 3.63) is 59.4 Å². The number of hydrogen-bond acceptors (Lipinski definition) is 5. The van der Waals surface area contributed by atoms with Gasteiger partial charge in [-0.2, -0.15) is 5.10 Å². The van der Waals surface area contributed by atoms with Crippen molar-refractivity contribution in [1.82, 2.24) is 28.9 Å². The highest BCUT2D eigenvalue weighted by Crippen LogP contribution is 2.40. The van der Waals surface area contributed by atoms with Gasteiger partial charge >= 0.3 is 5.69 Å². The molecule has 0 radical (unpaired) electrons. The van der Waals surface area contributed by atoms with Gasteiger partial charge in [0.25, 0.3) is 0 Å².